The van der Waals surface area contributed by atoms with E-state index in [-0.39, 0.29) is 11.9 Å². The summed E-state index contributed by atoms with van der Waals surface area (Å²) in [6.45, 7) is 2.05. The first-order valence-electron chi connectivity index (χ1n) is 7.36. The molecule has 20 heavy (non-hydrogen) atoms. The molecule has 0 saturated heterocycles. The molecule has 1 saturated carbocycles. The van der Waals surface area contributed by atoms with Gasteiger partial charge in [0.25, 0.3) is 0 Å². The number of aryl methyl sites for hydroxylation is 1. The number of hydrogen-bond donors (Lipinski definition) is 2. The molecule has 2 N–H and O–H groups in total. The molecule has 0 bridgehead atoms. The maximum atomic E-state index is 12.8. The molecular formula is C16H24FNO2. The van der Waals surface area contributed by atoms with Crippen molar-refractivity contribution in [3.8, 4) is 0 Å². The highest BCUT2D eigenvalue weighted by Crippen LogP contribution is 2.16. The van der Waals surface area contributed by atoms with Crippen LogP contribution in [0.2, 0.25) is 0 Å². The van der Waals surface area contributed by atoms with E-state index in [1.54, 1.807) is 6.07 Å². The first-order chi connectivity index (χ1) is 9.63. The monoisotopic (exact) mass is 281 g/mol. The molecule has 1 aromatic carbocycles. The molecule has 112 valence electrons. The first-order valence-corrected chi connectivity index (χ1v) is 7.36. The summed E-state index contributed by atoms with van der Waals surface area (Å²) >= 11 is 0. The molecule has 1 aromatic rings. The third-order valence-corrected chi connectivity index (χ3v) is 3.41. The molecule has 1 fully saturated rings. The molecule has 0 spiro atoms. The van der Waals surface area contributed by atoms with E-state index in [0.717, 1.165) is 31.2 Å². The van der Waals surface area contributed by atoms with Crippen molar-refractivity contribution in [3.63, 3.8) is 0 Å². The minimum atomic E-state index is -0.882. The van der Waals surface area contributed by atoms with Gasteiger partial charge >= 0.3 is 6.09 Å². The van der Waals surface area contributed by atoms with Gasteiger partial charge in [0.2, 0.25) is 0 Å². The van der Waals surface area contributed by atoms with Crippen LogP contribution in [0.4, 0.5) is 9.18 Å². The summed E-state index contributed by atoms with van der Waals surface area (Å²) in [6.07, 6.45) is 6.60. The van der Waals surface area contributed by atoms with Crippen LogP contribution in [0.1, 0.15) is 51.0 Å². The van der Waals surface area contributed by atoms with Crippen LogP contribution >= 0.6 is 0 Å². The quantitative estimate of drug-likeness (QED) is 0.864. The fourth-order valence-corrected chi connectivity index (χ4v) is 2.39. The van der Waals surface area contributed by atoms with Crippen LogP contribution in [0.5, 0.6) is 0 Å². The van der Waals surface area contributed by atoms with Crippen molar-refractivity contribution >= 4 is 6.09 Å². The Labute approximate surface area is 120 Å². The lowest BCUT2D eigenvalue weighted by Gasteiger charge is -2.20. The van der Waals surface area contributed by atoms with Gasteiger partial charge in [-0.15, -0.1) is 0 Å². The molecule has 0 heterocycles. The largest absolute Gasteiger partial charge is 0.465 e. The van der Waals surface area contributed by atoms with Crippen molar-refractivity contribution in [2.75, 3.05) is 0 Å². The predicted octanol–water partition coefficient (Wildman–Crippen LogP) is 4.36. The zero-order valence-electron chi connectivity index (χ0n) is 12.1. The van der Waals surface area contributed by atoms with Crippen LogP contribution in [0.3, 0.4) is 0 Å². The van der Waals surface area contributed by atoms with Crippen molar-refractivity contribution in [3.05, 3.63) is 35.6 Å². The van der Waals surface area contributed by atoms with Crippen molar-refractivity contribution in [2.24, 2.45) is 0 Å². The molecule has 1 amide bonds. The second-order valence-corrected chi connectivity index (χ2v) is 5.13. The van der Waals surface area contributed by atoms with Crippen molar-refractivity contribution in [1.82, 2.24) is 5.32 Å². The van der Waals surface area contributed by atoms with Gasteiger partial charge < -0.3 is 10.4 Å². The maximum Gasteiger partial charge on any atom is 0.404 e. The second kappa shape index (κ2) is 9.34. The summed E-state index contributed by atoms with van der Waals surface area (Å²) in [6, 6.07) is 7.15. The fourth-order valence-electron chi connectivity index (χ4n) is 2.39. The van der Waals surface area contributed by atoms with Gasteiger partial charge in [0.15, 0.2) is 0 Å². The van der Waals surface area contributed by atoms with Gasteiger partial charge in [-0.05, 0) is 30.9 Å². The normalized spacial score (nSPS) is 15.1. The first kappa shape index (κ1) is 16.5. The van der Waals surface area contributed by atoms with E-state index in [1.807, 2.05) is 19.1 Å². The van der Waals surface area contributed by atoms with E-state index < -0.39 is 6.09 Å². The Morgan fingerprint density at radius 3 is 2.50 bits per heavy atom. The molecule has 1 aliphatic carbocycles. The molecule has 1 aliphatic rings. The van der Waals surface area contributed by atoms with E-state index in [9.17, 15) is 9.18 Å². The summed E-state index contributed by atoms with van der Waals surface area (Å²) in [7, 11) is 0. The summed E-state index contributed by atoms with van der Waals surface area (Å²) < 4.78 is 12.8. The van der Waals surface area contributed by atoms with Crippen molar-refractivity contribution < 1.29 is 14.3 Å². The number of amides is 1. The van der Waals surface area contributed by atoms with Gasteiger partial charge in [-0.1, -0.05) is 50.8 Å². The van der Waals surface area contributed by atoms with Gasteiger partial charge in [0.1, 0.15) is 5.82 Å². The minimum Gasteiger partial charge on any atom is -0.465 e. The third-order valence-electron chi connectivity index (χ3n) is 3.41. The predicted molar refractivity (Wildman–Crippen MR) is 78.4 cm³/mol. The lowest BCUT2D eigenvalue weighted by molar-refractivity contribution is 0.186. The Bertz CT molecular complexity index is 403. The van der Waals surface area contributed by atoms with E-state index in [4.69, 9.17) is 5.11 Å². The van der Waals surface area contributed by atoms with Gasteiger partial charge in [-0.25, -0.2) is 9.18 Å². The molecule has 4 heteroatoms. The Hall–Kier alpha value is -1.58. The smallest absolute Gasteiger partial charge is 0.404 e. The van der Waals surface area contributed by atoms with Gasteiger partial charge in [0, 0.05) is 6.04 Å². The van der Waals surface area contributed by atoms with Crippen molar-refractivity contribution in [1.29, 1.82) is 0 Å². The summed E-state index contributed by atoms with van der Waals surface area (Å²) in [5.41, 5.74) is 0.824. The van der Waals surface area contributed by atoms with Crippen LogP contribution in [0, 0.1) is 5.82 Å². The molecule has 2 rings (SSSR count). The standard InChI is InChI=1S/C9H11F.C7H13NO2/c1-2-5-8-6-3-4-7-9(8)10;9-7(10)8-6-4-2-1-3-5-6/h3-4,6-7H,2,5H2,1H3;6,8H,1-5H2,(H,9,10). The van der Waals surface area contributed by atoms with Crippen LogP contribution in [0.15, 0.2) is 24.3 Å². The average Bonchev–Trinajstić information content (AvgIpc) is 2.43. The van der Waals surface area contributed by atoms with Gasteiger partial charge in [0.05, 0.1) is 0 Å². The maximum absolute atomic E-state index is 12.8. The number of hydrogen-bond acceptors (Lipinski definition) is 1. The summed E-state index contributed by atoms with van der Waals surface area (Å²) in [5, 5.41) is 10.9. The molecule has 0 atom stereocenters. The molecule has 0 radical (unpaired) electrons. The zero-order chi connectivity index (χ0) is 14.8. The van der Waals surface area contributed by atoms with E-state index in [0.29, 0.717) is 0 Å². The molecule has 0 aromatic heterocycles. The summed E-state index contributed by atoms with van der Waals surface area (Å²) in [5.74, 6) is -0.0793. The Balaban J connectivity index is 0.000000200. The van der Waals surface area contributed by atoms with E-state index >= 15 is 0 Å². The SMILES string of the molecule is CCCc1ccccc1F.O=C(O)NC1CCCCC1. The topological polar surface area (TPSA) is 49.3 Å². The number of carbonyl (C=O) groups is 1. The Morgan fingerprint density at radius 2 is 1.95 bits per heavy atom. The van der Waals surface area contributed by atoms with Crippen LogP contribution < -0.4 is 5.32 Å². The van der Waals surface area contributed by atoms with Crippen molar-refractivity contribution in [2.45, 2.75) is 57.9 Å². The molecule has 0 unspecified atom stereocenters. The zero-order valence-corrected chi connectivity index (χ0v) is 12.1. The van der Waals surface area contributed by atoms with E-state index in [2.05, 4.69) is 5.32 Å². The second-order valence-electron chi connectivity index (χ2n) is 5.13. The molecular weight excluding hydrogens is 257 g/mol. The number of halogens is 1. The van der Waals surface area contributed by atoms with Crippen LogP contribution in [-0.4, -0.2) is 17.2 Å². The van der Waals surface area contributed by atoms with E-state index in [1.165, 1.54) is 25.3 Å². The Morgan fingerprint density at radius 1 is 1.30 bits per heavy atom. The highest BCUT2D eigenvalue weighted by molar-refractivity contribution is 5.64. The third kappa shape index (κ3) is 6.55. The number of carboxylic acid groups (broad SMARTS) is 1. The average molecular weight is 281 g/mol. The van der Waals surface area contributed by atoms with Gasteiger partial charge in [-0.3, -0.25) is 0 Å². The van der Waals surface area contributed by atoms with Crippen LogP contribution in [-0.2, 0) is 6.42 Å². The number of nitrogens with one attached hydrogen (secondary N) is 1. The number of rotatable bonds is 3. The molecule has 0 aliphatic heterocycles. The highest BCUT2D eigenvalue weighted by Gasteiger charge is 2.14. The molecule has 3 nitrogen and oxygen atoms in total. The lowest BCUT2D eigenvalue weighted by Crippen LogP contribution is -2.34. The minimum absolute atomic E-state index is 0.0793. The Kier molecular flexibility index (Phi) is 7.70. The highest BCUT2D eigenvalue weighted by atomic mass is 19.1. The lowest BCUT2D eigenvalue weighted by atomic mass is 9.96. The fraction of sp³-hybridized carbons (Fsp3) is 0.562. The van der Waals surface area contributed by atoms with Gasteiger partial charge in [-0.2, -0.15) is 0 Å². The number of benzene rings is 1. The van der Waals surface area contributed by atoms with Crippen LogP contribution in [0.25, 0.3) is 0 Å². The summed E-state index contributed by atoms with van der Waals surface area (Å²) in [4.78, 5) is 10.2.